The summed E-state index contributed by atoms with van der Waals surface area (Å²) < 4.78 is 95.7. The van der Waals surface area contributed by atoms with Crippen LogP contribution in [-0.4, -0.2) is 143 Å². The second-order valence-electron chi connectivity index (χ2n) is 6.04. The molecule has 0 aromatic carbocycles. The summed E-state index contributed by atoms with van der Waals surface area (Å²) in [4.78, 5) is 0. The zero-order valence-corrected chi connectivity index (χ0v) is 13.9. The number of rotatable bonds is 3. The standard InChI is InChI=1S/C10H18O9S3.3Na.3H/c11-20(12,13)7-1-2-9-6(3-7)4-8(21(14,15)16)5-10(9)22(17,18)19;;;;;;/h6-10H,1-5H2,(H,11,12,13)(H,14,15,16)(H,17,18,19);;;;;;. The summed E-state index contributed by atoms with van der Waals surface area (Å²) in [6.07, 6.45) is -0.432. The Balaban J connectivity index is 0. The quantitative estimate of drug-likeness (QED) is 0.327. The molecule has 0 heterocycles. The summed E-state index contributed by atoms with van der Waals surface area (Å²) in [5, 5.41) is -3.82. The van der Waals surface area contributed by atoms with Gasteiger partial charge in [-0.1, -0.05) is 0 Å². The molecule has 2 fully saturated rings. The molecule has 0 saturated heterocycles. The van der Waals surface area contributed by atoms with Gasteiger partial charge in [0.25, 0.3) is 30.4 Å². The van der Waals surface area contributed by atoms with Crippen molar-refractivity contribution in [2.45, 2.75) is 47.9 Å². The van der Waals surface area contributed by atoms with Crippen LogP contribution in [0.2, 0.25) is 0 Å². The molecular weight excluding hydrogens is 429 g/mol. The molecule has 9 nitrogen and oxygen atoms in total. The molecule has 3 N–H and O–H groups in total. The first kappa shape index (κ1) is 29.9. The van der Waals surface area contributed by atoms with E-state index in [-0.39, 0.29) is 114 Å². The number of fused-ring (bicyclic) bond motifs is 1. The van der Waals surface area contributed by atoms with Crippen LogP contribution < -0.4 is 0 Å². The third-order valence-electron chi connectivity index (χ3n) is 4.76. The fourth-order valence-electron chi connectivity index (χ4n) is 3.73. The van der Waals surface area contributed by atoms with Gasteiger partial charge in [-0.15, -0.1) is 0 Å². The van der Waals surface area contributed by atoms with Gasteiger partial charge in [0.2, 0.25) is 0 Å². The van der Waals surface area contributed by atoms with E-state index in [1.54, 1.807) is 0 Å². The maximum atomic E-state index is 11.5. The van der Waals surface area contributed by atoms with Crippen molar-refractivity contribution in [3.05, 3.63) is 0 Å². The summed E-state index contributed by atoms with van der Waals surface area (Å²) >= 11 is 0. The van der Waals surface area contributed by atoms with Crippen molar-refractivity contribution in [1.82, 2.24) is 0 Å². The van der Waals surface area contributed by atoms with Gasteiger partial charge in [-0.3, -0.25) is 13.7 Å². The van der Waals surface area contributed by atoms with E-state index in [1.807, 2.05) is 0 Å². The second kappa shape index (κ2) is 10.7. The molecular formula is C10H21Na3O9S3. The Morgan fingerprint density at radius 1 is 0.600 bits per heavy atom. The third-order valence-corrected chi connectivity index (χ3v) is 8.56. The number of hydrogen-bond acceptors (Lipinski definition) is 6. The van der Waals surface area contributed by atoms with Crippen molar-refractivity contribution in [3.8, 4) is 0 Å². The first-order valence-electron chi connectivity index (χ1n) is 6.69. The molecule has 2 saturated carbocycles. The first-order chi connectivity index (χ1) is 9.80. The molecule has 2 rings (SSSR count). The summed E-state index contributed by atoms with van der Waals surface area (Å²) in [5.74, 6) is -1.22. The fourth-order valence-corrected chi connectivity index (χ4v) is 6.99. The molecule has 15 heteroatoms. The molecule has 136 valence electrons. The summed E-state index contributed by atoms with van der Waals surface area (Å²) in [6.45, 7) is 0. The molecule has 0 aliphatic heterocycles. The van der Waals surface area contributed by atoms with Gasteiger partial charge >= 0.3 is 88.7 Å². The molecule has 5 atom stereocenters. The van der Waals surface area contributed by atoms with E-state index < -0.39 is 64.4 Å². The Morgan fingerprint density at radius 3 is 1.44 bits per heavy atom. The second-order valence-corrected chi connectivity index (χ2v) is 11.1. The van der Waals surface area contributed by atoms with Gasteiger partial charge in [0.1, 0.15) is 0 Å². The van der Waals surface area contributed by atoms with Gasteiger partial charge in [0, 0.05) is 0 Å². The van der Waals surface area contributed by atoms with E-state index >= 15 is 0 Å². The van der Waals surface area contributed by atoms with Crippen LogP contribution in [0.25, 0.3) is 0 Å². The van der Waals surface area contributed by atoms with E-state index in [2.05, 4.69) is 0 Å². The molecule has 2 aliphatic rings. The van der Waals surface area contributed by atoms with Crippen LogP contribution in [0, 0.1) is 11.8 Å². The van der Waals surface area contributed by atoms with Crippen LogP contribution in [0.1, 0.15) is 32.1 Å². The van der Waals surface area contributed by atoms with Crippen molar-refractivity contribution in [3.63, 3.8) is 0 Å². The van der Waals surface area contributed by atoms with Crippen LogP contribution in [0.5, 0.6) is 0 Å². The van der Waals surface area contributed by atoms with E-state index in [0.717, 1.165) is 0 Å². The summed E-state index contributed by atoms with van der Waals surface area (Å²) in [6, 6.07) is 0. The first-order valence-corrected chi connectivity index (χ1v) is 11.2. The summed E-state index contributed by atoms with van der Waals surface area (Å²) in [7, 11) is -13.3. The molecule has 0 amide bonds. The maximum absolute atomic E-state index is 11.5. The third kappa shape index (κ3) is 7.82. The SMILES string of the molecule is O=S(=O)(O)C1CCC2C(C1)CC(S(=O)(=O)O)CC2S(=O)(=O)O.[NaH].[NaH].[NaH]. The minimum atomic E-state index is -4.53. The van der Waals surface area contributed by atoms with Crippen molar-refractivity contribution < 1.29 is 38.9 Å². The van der Waals surface area contributed by atoms with Gasteiger partial charge in [0.15, 0.2) is 0 Å². The predicted molar refractivity (Wildman–Crippen MR) is 97.5 cm³/mol. The van der Waals surface area contributed by atoms with Crippen molar-refractivity contribution in [1.29, 1.82) is 0 Å². The van der Waals surface area contributed by atoms with Crippen LogP contribution in [-0.2, 0) is 30.4 Å². The topological polar surface area (TPSA) is 163 Å². The Morgan fingerprint density at radius 2 is 1.04 bits per heavy atom. The number of hydrogen-bond donors (Lipinski definition) is 3. The van der Waals surface area contributed by atoms with Gasteiger partial charge in [-0.2, -0.15) is 25.3 Å². The molecule has 0 aromatic heterocycles. The van der Waals surface area contributed by atoms with Crippen LogP contribution in [0.4, 0.5) is 0 Å². The molecule has 0 radical (unpaired) electrons. The Kier molecular flexibility index (Phi) is 12.8. The van der Waals surface area contributed by atoms with Gasteiger partial charge < -0.3 is 0 Å². The molecule has 2 aliphatic carbocycles. The normalized spacial score (nSPS) is 33.0. The van der Waals surface area contributed by atoms with Crippen LogP contribution in [0.15, 0.2) is 0 Å². The zero-order valence-electron chi connectivity index (χ0n) is 11.4. The zero-order chi connectivity index (χ0) is 16.9. The molecule has 0 spiro atoms. The van der Waals surface area contributed by atoms with E-state index in [0.29, 0.717) is 0 Å². The van der Waals surface area contributed by atoms with Gasteiger partial charge in [-0.25, -0.2) is 0 Å². The van der Waals surface area contributed by atoms with E-state index in [1.165, 1.54) is 0 Å². The van der Waals surface area contributed by atoms with Crippen molar-refractivity contribution >= 4 is 119 Å². The summed E-state index contributed by atoms with van der Waals surface area (Å²) in [5.41, 5.74) is 0. The molecule has 25 heavy (non-hydrogen) atoms. The average molecular weight is 450 g/mol. The van der Waals surface area contributed by atoms with E-state index in [4.69, 9.17) is 4.55 Å². The van der Waals surface area contributed by atoms with E-state index in [9.17, 15) is 34.4 Å². The minimum absolute atomic E-state index is 0. The van der Waals surface area contributed by atoms with Crippen molar-refractivity contribution in [2.75, 3.05) is 0 Å². The van der Waals surface area contributed by atoms with Gasteiger partial charge in [0.05, 0.1) is 15.7 Å². The van der Waals surface area contributed by atoms with Crippen LogP contribution in [0.3, 0.4) is 0 Å². The van der Waals surface area contributed by atoms with Crippen molar-refractivity contribution in [2.24, 2.45) is 11.8 Å². The molecule has 0 aromatic rings. The van der Waals surface area contributed by atoms with Gasteiger partial charge in [-0.05, 0) is 43.9 Å². The van der Waals surface area contributed by atoms with Crippen LogP contribution >= 0.6 is 0 Å². The fraction of sp³-hybridized carbons (Fsp3) is 1.00. The average Bonchev–Trinajstić information content (AvgIpc) is 2.33. The molecule has 0 bridgehead atoms. The monoisotopic (exact) mass is 450 g/mol. The Labute approximate surface area is 214 Å². The predicted octanol–water partition coefficient (Wildman–Crippen LogP) is -1.98. The Hall–Kier alpha value is 2.73. The Bertz CT molecular complexity index is 748. The molecule has 5 unspecified atom stereocenters.